The van der Waals surface area contributed by atoms with Crippen molar-refractivity contribution >= 4 is 65.8 Å². The highest BCUT2D eigenvalue weighted by Gasteiger charge is 2.17. The summed E-state index contributed by atoms with van der Waals surface area (Å²) in [5.74, 6) is 0.762. The van der Waals surface area contributed by atoms with E-state index in [0.717, 1.165) is 59.4 Å². The summed E-state index contributed by atoms with van der Waals surface area (Å²) in [4.78, 5) is 11.6. The maximum Gasteiger partial charge on any atom is 0.160 e. The highest BCUT2D eigenvalue weighted by molar-refractivity contribution is 7.20. The lowest BCUT2D eigenvalue weighted by Gasteiger charge is -2.14. The van der Waals surface area contributed by atoms with Gasteiger partial charge in [-0.3, -0.25) is 0 Å². The van der Waals surface area contributed by atoms with Crippen LogP contribution < -0.4 is 0 Å². The quantitative estimate of drug-likeness (QED) is 0.193. The van der Waals surface area contributed by atoms with E-state index in [9.17, 15) is 0 Å². The third kappa shape index (κ3) is 4.40. The van der Waals surface area contributed by atoms with Gasteiger partial charge in [-0.1, -0.05) is 72.8 Å². The molecule has 5 aromatic carbocycles. The fourth-order valence-electron chi connectivity index (χ4n) is 7.60. The number of para-hydroxylation sites is 2. The smallest absolute Gasteiger partial charge is 0.160 e. The van der Waals surface area contributed by atoms with Gasteiger partial charge in [0.1, 0.15) is 0 Å². The summed E-state index contributed by atoms with van der Waals surface area (Å²) in [6.07, 6.45) is 15.5. The number of benzene rings is 5. The zero-order chi connectivity index (χ0) is 31.6. The van der Waals surface area contributed by atoms with Crippen LogP contribution in [0.4, 0.5) is 0 Å². The number of rotatable bonds is 4. The van der Waals surface area contributed by atoms with Crippen LogP contribution in [0.3, 0.4) is 0 Å². The Kier molecular flexibility index (Phi) is 6.31. The van der Waals surface area contributed by atoms with Crippen molar-refractivity contribution in [2.24, 2.45) is 0 Å². The Morgan fingerprint density at radius 1 is 0.604 bits per heavy atom. The van der Waals surface area contributed by atoms with Gasteiger partial charge in [0, 0.05) is 37.0 Å². The fourth-order valence-corrected chi connectivity index (χ4v) is 8.76. The molecular weight excluding hydrogens is 603 g/mol. The van der Waals surface area contributed by atoms with Crippen LogP contribution in [0.25, 0.3) is 82.6 Å². The topological polar surface area (TPSA) is 30.7 Å². The number of thiophene rings is 1. The SMILES string of the molecule is C1=CCCC(c2nc(-c3ccc(-n4c5ccccc5c5cc(-c6ccc7sc8c(c7c6)CCC=C8)ccc54)cc3)nc3ccccc23)=C1. The number of hydrogen-bond donors (Lipinski definition) is 0. The average molecular weight is 634 g/mol. The lowest BCUT2D eigenvalue weighted by Crippen LogP contribution is -2.00. The van der Waals surface area contributed by atoms with E-state index in [1.165, 1.54) is 59.0 Å². The van der Waals surface area contributed by atoms with Crippen LogP contribution >= 0.6 is 11.3 Å². The van der Waals surface area contributed by atoms with Gasteiger partial charge in [0.15, 0.2) is 5.82 Å². The molecular formula is C44H31N3S. The number of allylic oxidation sites excluding steroid dienone is 5. The highest BCUT2D eigenvalue weighted by Crippen LogP contribution is 2.40. The van der Waals surface area contributed by atoms with Crippen LogP contribution in [-0.4, -0.2) is 14.5 Å². The molecule has 10 rings (SSSR count). The zero-order valence-electron chi connectivity index (χ0n) is 26.4. The largest absolute Gasteiger partial charge is 0.309 e. The maximum absolute atomic E-state index is 5.14. The standard InChI is InChI=1S/C44H31N3S/c1-2-10-28(11-3-1)43-35-14-4-7-15-38(35)45-44(46-43)29-18-22-32(23-19-29)47-39-16-8-5-12-33(39)36-26-30(20-24-40(36)47)31-21-25-42-37(27-31)34-13-6-9-17-41(34)48-42/h1-2,4-5,7-10,12,14-27H,3,6,11,13H2. The van der Waals surface area contributed by atoms with E-state index in [1.54, 1.807) is 0 Å². The molecule has 8 aromatic rings. The van der Waals surface area contributed by atoms with Crippen LogP contribution in [0.2, 0.25) is 0 Å². The molecule has 4 heteroatoms. The van der Waals surface area contributed by atoms with Crippen LogP contribution in [-0.2, 0) is 6.42 Å². The number of fused-ring (bicyclic) bond motifs is 7. The lowest BCUT2D eigenvalue weighted by molar-refractivity contribution is 1.01. The van der Waals surface area contributed by atoms with Crippen LogP contribution in [0.1, 0.15) is 35.4 Å². The minimum absolute atomic E-state index is 0.762. The normalized spacial score (nSPS) is 14.3. The third-order valence-electron chi connectivity index (χ3n) is 9.96. The van der Waals surface area contributed by atoms with Gasteiger partial charge in [-0.25, -0.2) is 9.97 Å². The van der Waals surface area contributed by atoms with Gasteiger partial charge in [-0.2, -0.15) is 0 Å². The molecule has 48 heavy (non-hydrogen) atoms. The van der Waals surface area contributed by atoms with E-state index in [-0.39, 0.29) is 0 Å². The van der Waals surface area contributed by atoms with E-state index >= 15 is 0 Å². The second kappa shape index (κ2) is 11.0. The fraction of sp³-hybridized carbons (Fsp3) is 0.0909. The van der Waals surface area contributed by atoms with Crippen molar-refractivity contribution in [3.8, 4) is 28.2 Å². The predicted molar refractivity (Wildman–Crippen MR) is 204 cm³/mol. The summed E-state index contributed by atoms with van der Waals surface area (Å²) in [5.41, 5.74) is 11.9. The molecule has 0 atom stereocenters. The molecule has 2 aliphatic carbocycles. The van der Waals surface area contributed by atoms with Crippen LogP contribution in [0, 0.1) is 0 Å². The van der Waals surface area contributed by atoms with E-state index < -0.39 is 0 Å². The lowest BCUT2D eigenvalue weighted by atomic mass is 9.97. The van der Waals surface area contributed by atoms with Crippen LogP contribution in [0.5, 0.6) is 0 Å². The van der Waals surface area contributed by atoms with Crippen molar-refractivity contribution in [1.29, 1.82) is 0 Å². The number of aryl methyl sites for hydroxylation is 1. The molecule has 0 N–H and O–H groups in total. The average Bonchev–Trinajstić information content (AvgIpc) is 3.70. The first-order valence-corrected chi connectivity index (χ1v) is 17.6. The number of hydrogen-bond acceptors (Lipinski definition) is 3. The van der Waals surface area contributed by atoms with E-state index in [1.807, 2.05) is 11.3 Å². The van der Waals surface area contributed by atoms with Gasteiger partial charge in [0.05, 0.1) is 22.2 Å². The first-order chi connectivity index (χ1) is 23.8. The summed E-state index contributed by atoms with van der Waals surface area (Å²) < 4.78 is 3.76. The molecule has 0 spiro atoms. The van der Waals surface area contributed by atoms with E-state index in [0.29, 0.717) is 0 Å². The van der Waals surface area contributed by atoms with Gasteiger partial charge in [0.2, 0.25) is 0 Å². The van der Waals surface area contributed by atoms with Crippen LogP contribution in [0.15, 0.2) is 133 Å². The molecule has 3 aromatic heterocycles. The molecule has 3 nitrogen and oxygen atoms in total. The van der Waals surface area contributed by atoms with Gasteiger partial charge in [0.25, 0.3) is 0 Å². The van der Waals surface area contributed by atoms with Crippen molar-refractivity contribution in [2.75, 3.05) is 0 Å². The maximum atomic E-state index is 5.14. The molecule has 0 saturated carbocycles. The zero-order valence-corrected chi connectivity index (χ0v) is 27.2. The Balaban J connectivity index is 1.07. The Hall–Kier alpha value is -5.58. The molecule has 0 fully saturated rings. The molecule has 228 valence electrons. The van der Waals surface area contributed by atoms with Crippen molar-refractivity contribution < 1.29 is 0 Å². The predicted octanol–water partition coefficient (Wildman–Crippen LogP) is 12.0. The van der Waals surface area contributed by atoms with Crippen molar-refractivity contribution in [2.45, 2.75) is 25.7 Å². The third-order valence-corrected chi connectivity index (χ3v) is 11.1. The summed E-state index contributed by atoms with van der Waals surface area (Å²) in [7, 11) is 0. The minimum Gasteiger partial charge on any atom is -0.309 e. The number of aromatic nitrogens is 3. The molecule has 0 amide bonds. The number of nitrogens with zero attached hydrogens (tertiary/aromatic N) is 3. The van der Waals surface area contributed by atoms with Gasteiger partial charge in [-0.15, -0.1) is 11.3 Å². The Morgan fingerprint density at radius 2 is 1.35 bits per heavy atom. The molecule has 0 radical (unpaired) electrons. The summed E-state index contributed by atoms with van der Waals surface area (Å²) in [6.45, 7) is 0. The summed E-state index contributed by atoms with van der Waals surface area (Å²) in [5, 5.41) is 5.04. The second-order valence-electron chi connectivity index (χ2n) is 12.8. The molecule has 0 saturated heterocycles. The first kappa shape index (κ1) is 27.5. The molecule has 0 bridgehead atoms. The Bertz CT molecular complexity index is 2670. The molecule has 3 heterocycles. The Morgan fingerprint density at radius 3 is 2.23 bits per heavy atom. The molecule has 0 aliphatic heterocycles. The van der Waals surface area contributed by atoms with E-state index in [4.69, 9.17) is 9.97 Å². The van der Waals surface area contributed by atoms with E-state index in [2.05, 4.69) is 144 Å². The van der Waals surface area contributed by atoms with Gasteiger partial charge < -0.3 is 4.57 Å². The van der Waals surface area contributed by atoms with Crippen molar-refractivity contribution in [3.63, 3.8) is 0 Å². The second-order valence-corrected chi connectivity index (χ2v) is 13.9. The monoisotopic (exact) mass is 633 g/mol. The molecule has 2 aliphatic rings. The first-order valence-electron chi connectivity index (χ1n) is 16.8. The van der Waals surface area contributed by atoms with Gasteiger partial charge in [-0.05, 0) is 120 Å². The van der Waals surface area contributed by atoms with Crippen molar-refractivity contribution in [1.82, 2.24) is 14.5 Å². The molecule has 0 unspecified atom stereocenters. The minimum atomic E-state index is 0.762. The summed E-state index contributed by atoms with van der Waals surface area (Å²) in [6, 6.07) is 39.8. The Labute approximate surface area is 282 Å². The summed E-state index contributed by atoms with van der Waals surface area (Å²) >= 11 is 1.91. The highest BCUT2D eigenvalue weighted by atomic mass is 32.1. The van der Waals surface area contributed by atoms with Crippen molar-refractivity contribution in [3.05, 3.63) is 150 Å². The van der Waals surface area contributed by atoms with Gasteiger partial charge >= 0.3 is 0 Å².